The lowest BCUT2D eigenvalue weighted by atomic mass is 9.98. The van der Waals surface area contributed by atoms with Gasteiger partial charge in [0.1, 0.15) is 0 Å². The van der Waals surface area contributed by atoms with Crippen molar-refractivity contribution in [3.05, 3.63) is 58.4 Å². The molecule has 2 rings (SSSR count). The minimum absolute atomic E-state index is 0.0497. The maximum atomic E-state index is 13.0. The van der Waals surface area contributed by atoms with Crippen LogP contribution in [0.2, 0.25) is 0 Å². The number of benzene rings is 1. The van der Waals surface area contributed by atoms with Gasteiger partial charge in [0.25, 0.3) is 5.56 Å². The van der Waals surface area contributed by atoms with Gasteiger partial charge in [-0.1, -0.05) is 26.8 Å². The molecule has 0 bridgehead atoms. The first-order chi connectivity index (χ1) is 12.9. The highest BCUT2D eigenvalue weighted by atomic mass is 16.1. The van der Waals surface area contributed by atoms with E-state index in [1.807, 2.05) is 18.2 Å². The average molecular weight is 368 g/mol. The summed E-state index contributed by atoms with van der Waals surface area (Å²) in [6.45, 7) is 7.07. The van der Waals surface area contributed by atoms with Gasteiger partial charge in [-0.2, -0.15) is 0 Å². The molecule has 0 saturated carbocycles. The molecule has 27 heavy (non-hydrogen) atoms. The quantitative estimate of drug-likeness (QED) is 0.425. The van der Waals surface area contributed by atoms with Crippen LogP contribution in [0.4, 0.5) is 0 Å². The van der Waals surface area contributed by atoms with Crippen molar-refractivity contribution in [3.8, 4) is 0 Å². The number of rotatable bonds is 8. The molecule has 0 aliphatic rings. The molecule has 1 atom stereocenters. The fraction of sp³-hybridized carbons (Fsp3) is 0.381. The lowest BCUT2D eigenvalue weighted by Gasteiger charge is -2.17. The number of aldehydes is 1. The lowest BCUT2D eigenvalue weighted by Crippen LogP contribution is -2.25. The Hall–Kier alpha value is -2.89. The number of hydrogen-bond acceptors (Lipinski definition) is 5. The third kappa shape index (κ3) is 4.84. The van der Waals surface area contributed by atoms with Crippen molar-refractivity contribution >= 4 is 22.8 Å². The molecule has 6 nitrogen and oxygen atoms in total. The second-order valence-corrected chi connectivity index (χ2v) is 7.01. The predicted octanol–water partition coefficient (Wildman–Crippen LogP) is 2.55. The second kappa shape index (κ2) is 9.16. The van der Waals surface area contributed by atoms with Crippen LogP contribution < -0.4 is 16.2 Å². The Kier molecular flexibility index (Phi) is 6.93. The van der Waals surface area contributed by atoms with Gasteiger partial charge in [0, 0.05) is 26.8 Å². The number of fused-ring (bicyclic) bond motifs is 1. The minimum atomic E-state index is -0.0497. The first-order valence-electron chi connectivity index (χ1n) is 9.12. The number of carbonyl (C=O) groups excluding carboxylic acids is 1. The van der Waals surface area contributed by atoms with Crippen LogP contribution in [0.15, 0.2) is 47.3 Å². The maximum Gasteiger partial charge on any atom is 0.261 e. The van der Waals surface area contributed by atoms with Gasteiger partial charge in [-0.3, -0.25) is 14.2 Å². The van der Waals surface area contributed by atoms with Crippen LogP contribution in [-0.4, -0.2) is 29.9 Å². The number of carbonyl (C=O) groups is 1. The van der Waals surface area contributed by atoms with Crippen molar-refractivity contribution in [2.75, 3.05) is 14.1 Å². The monoisotopic (exact) mass is 368 g/mol. The normalized spacial score (nSPS) is 13.7. The Labute approximate surface area is 160 Å². The maximum absolute atomic E-state index is 13.0. The molecule has 0 aliphatic heterocycles. The highest BCUT2D eigenvalue weighted by Crippen LogP contribution is 2.20. The number of likely N-dealkylation sites (N-methyl/N-ethyl adjacent to an activating group) is 1. The fourth-order valence-corrected chi connectivity index (χ4v) is 2.69. The van der Waals surface area contributed by atoms with E-state index in [0.29, 0.717) is 35.0 Å². The molecule has 1 heterocycles. The second-order valence-electron chi connectivity index (χ2n) is 7.01. The van der Waals surface area contributed by atoms with Crippen molar-refractivity contribution in [3.63, 3.8) is 0 Å². The van der Waals surface area contributed by atoms with Crippen molar-refractivity contribution < 1.29 is 4.79 Å². The molecule has 0 saturated heterocycles. The van der Waals surface area contributed by atoms with E-state index in [0.717, 1.165) is 17.4 Å². The van der Waals surface area contributed by atoms with Gasteiger partial charge in [0.05, 0.1) is 22.9 Å². The summed E-state index contributed by atoms with van der Waals surface area (Å²) in [6.07, 6.45) is 5.91. The summed E-state index contributed by atoms with van der Waals surface area (Å²) in [7, 11) is 3.48. The van der Waals surface area contributed by atoms with Crippen LogP contribution in [-0.2, 0) is 11.3 Å². The number of allylic oxidation sites excluding steroid dienone is 3. The third-order valence-electron chi connectivity index (χ3n) is 4.81. The molecule has 1 aromatic heterocycles. The van der Waals surface area contributed by atoms with E-state index >= 15 is 0 Å². The van der Waals surface area contributed by atoms with Crippen LogP contribution >= 0.6 is 0 Å². The molecule has 2 aromatic rings. The zero-order valence-corrected chi connectivity index (χ0v) is 16.6. The van der Waals surface area contributed by atoms with Crippen molar-refractivity contribution in [2.24, 2.45) is 11.8 Å². The fourth-order valence-electron chi connectivity index (χ4n) is 2.69. The molecule has 0 fully saturated rings. The summed E-state index contributed by atoms with van der Waals surface area (Å²) in [5, 5.41) is 6.40. The highest BCUT2D eigenvalue weighted by molar-refractivity contribution is 5.87. The van der Waals surface area contributed by atoms with E-state index in [9.17, 15) is 9.59 Å². The molecular weight excluding hydrogens is 340 g/mol. The summed E-state index contributed by atoms with van der Waals surface area (Å²) in [5.41, 5.74) is 2.69. The Morgan fingerprint density at radius 3 is 2.59 bits per heavy atom. The number of aromatic nitrogens is 2. The Bertz CT molecular complexity index is 925. The predicted molar refractivity (Wildman–Crippen MR) is 110 cm³/mol. The van der Waals surface area contributed by atoms with Gasteiger partial charge in [0.2, 0.25) is 0 Å². The topological polar surface area (TPSA) is 76.0 Å². The Balaban J connectivity index is 2.55. The Morgan fingerprint density at radius 2 is 2.00 bits per heavy atom. The van der Waals surface area contributed by atoms with Gasteiger partial charge in [0.15, 0.2) is 6.29 Å². The van der Waals surface area contributed by atoms with Crippen molar-refractivity contribution in [1.82, 2.24) is 20.2 Å². The first kappa shape index (κ1) is 20.4. The number of hydrogen-bond donors (Lipinski definition) is 2. The molecule has 2 N–H and O–H groups in total. The third-order valence-corrected chi connectivity index (χ3v) is 4.81. The molecule has 6 heteroatoms. The Morgan fingerprint density at radius 1 is 1.26 bits per heavy atom. The summed E-state index contributed by atoms with van der Waals surface area (Å²) in [4.78, 5) is 28.5. The zero-order chi connectivity index (χ0) is 20.0. The van der Waals surface area contributed by atoms with Gasteiger partial charge in [-0.25, -0.2) is 4.98 Å². The smallest absolute Gasteiger partial charge is 0.261 e. The molecule has 144 valence electrons. The zero-order valence-electron chi connectivity index (χ0n) is 16.6. The summed E-state index contributed by atoms with van der Waals surface area (Å²) < 4.78 is 1.68. The minimum Gasteiger partial charge on any atom is -0.393 e. The van der Waals surface area contributed by atoms with E-state index in [1.165, 1.54) is 0 Å². The van der Waals surface area contributed by atoms with E-state index < -0.39 is 0 Å². The van der Waals surface area contributed by atoms with Gasteiger partial charge in [-0.05, 0) is 41.2 Å². The highest BCUT2D eigenvalue weighted by Gasteiger charge is 2.12. The van der Waals surface area contributed by atoms with Crippen molar-refractivity contribution in [1.29, 1.82) is 0 Å². The average Bonchev–Trinajstić information content (AvgIpc) is 2.67. The molecule has 0 amide bonds. The van der Waals surface area contributed by atoms with E-state index in [1.54, 1.807) is 37.3 Å². The molecule has 1 aromatic carbocycles. The molecule has 0 aliphatic carbocycles. The number of nitrogens with zero attached hydrogens (tertiary/aromatic N) is 2. The van der Waals surface area contributed by atoms with Crippen LogP contribution in [0.1, 0.15) is 26.3 Å². The summed E-state index contributed by atoms with van der Waals surface area (Å²) >= 11 is 0. The van der Waals surface area contributed by atoms with Gasteiger partial charge >= 0.3 is 0 Å². The molecule has 1 unspecified atom stereocenters. The molecular formula is C21H28N4O2. The standard InChI is InChI=1S/C21H28N4O2/c1-14(2)15(3)11-25-13-24-20-7-6-16(9-19(20)21(25)27)17(10-22-4)8-18(12-26)23-5/h6-10,12-15,22-23H,11H2,1-5H3. The van der Waals surface area contributed by atoms with E-state index in [-0.39, 0.29) is 5.56 Å². The van der Waals surface area contributed by atoms with Gasteiger partial charge in [-0.15, -0.1) is 0 Å². The lowest BCUT2D eigenvalue weighted by molar-refractivity contribution is -0.105. The SMILES string of the molecule is CNC=C(C=C(C=O)NC)c1ccc2ncn(CC(C)C(C)C)c(=O)c2c1. The summed E-state index contributed by atoms with van der Waals surface area (Å²) in [5.74, 6) is 0.858. The van der Waals surface area contributed by atoms with Crippen LogP contribution in [0.5, 0.6) is 0 Å². The molecule has 0 spiro atoms. The number of nitrogens with one attached hydrogen (secondary N) is 2. The molecule has 0 radical (unpaired) electrons. The van der Waals surface area contributed by atoms with E-state index in [2.05, 4.69) is 36.4 Å². The van der Waals surface area contributed by atoms with Crippen LogP contribution in [0.3, 0.4) is 0 Å². The van der Waals surface area contributed by atoms with Crippen LogP contribution in [0, 0.1) is 11.8 Å². The first-order valence-corrected chi connectivity index (χ1v) is 9.12. The summed E-state index contributed by atoms with van der Waals surface area (Å²) in [6, 6.07) is 5.56. The van der Waals surface area contributed by atoms with E-state index in [4.69, 9.17) is 0 Å². The van der Waals surface area contributed by atoms with Gasteiger partial charge < -0.3 is 10.6 Å². The largest absolute Gasteiger partial charge is 0.393 e. The van der Waals surface area contributed by atoms with Crippen molar-refractivity contribution in [2.45, 2.75) is 27.3 Å². The van der Waals surface area contributed by atoms with Crippen LogP contribution in [0.25, 0.3) is 16.5 Å².